The van der Waals surface area contributed by atoms with E-state index in [0.29, 0.717) is 24.4 Å². The van der Waals surface area contributed by atoms with Gasteiger partial charge in [-0.2, -0.15) is 4.91 Å². The Morgan fingerprint density at radius 1 is 1.32 bits per heavy atom. The van der Waals surface area contributed by atoms with Crippen LogP contribution in [-0.4, -0.2) is 31.0 Å². The zero-order valence-electron chi connectivity index (χ0n) is 15.5. The smallest absolute Gasteiger partial charge is 0.289 e. The number of furan rings is 1. The molecule has 2 heterocycles. The Bertz CT molecular complexity index is 1030. The lowest BCUT2D eigenvalue weighted by Crippen LogP contribution is -2.30. The molecule has 1 atom stereocenters. The summed E-state index contributed by atoms with van der Waals surface area (Å²) in [4.78, 5) is 27.7. The summed E-state index contributed by atoms with van der Waals surface area (Å²) >= 11 is 0. The lowest BCUT2D eigenvalue weighted by atomic mass is 10.1. The van der Waals surface area contributed by atoms with E-state index in [1.165, 1.54) is 0 Å². The molecule has 0 spiro atoms. The van der Waals surface area contributed by atoms with Gasteiger partial charge in [0, 0.05) is 30.4 Å². The molecule has 0 aliphatic heterocycles. The first-order chi connectivity index (χ1) is 13.7. The number of hydrogen-bond acceptors (Lipinski definition) is 7. The van der Waals surface area contributed by atoms with Crippen LogP contribution in [0, 0.1) is 4.91 Å². The summed E-state index contributed by atoms with van der Waals surface area (Å²) in [5.41, 5.74) is 4.04. The number of nitrogens with one attached hydrogen (secondary N) is 3. The molecule has 1 amide bonds. The van der Waals surface area contributed by atoms with Gasteiger partial charge < -0.3 is 20.4 Å². The molecule has 0 bridgehead atoms. The van der Waals surface area contributed by atoms with Gasteiger partial charge in [-0.05, 0) is 49.2 Å². The highest BCUT2D eigenvalue weighted by atomic mass is 16.3. The van der Waals surface area contributed by atoms with Crippen molar-refractivity contribution in [1.29, 1.82) is 0 Å². The van der Waals surface area contributed by atoms with Gasteiger partial charge in [0.1, 0.15) is 6.04 Å². The number of anilines is 2. The number of nitrogens with zero attached hydrogens (tertiary/aromatic N) is 2. The highest BCUT2D eigenvalue weighted by molar-refractivity contribution is 6.07. The Kier molecular flexibility index (Phi) is 5.03. The van der Waals surface area contributed by atoms with Crippen molar-refractivity contribution in [2.45, 2.75) is 18.9 Å². The molecule has 1 aromatic carbocycles. The van der Waals surface area contributed by atoms with Gasteiger partial charge in [0.05, 0.1) is 11.9 Å². The molecule has 28 heavy (non-hydrogen) atoms. The van der Waals surface area contributed by atoms with Gasteiger partial charge in [-0.3, -0.25) is 9.78 Å². The molecule has 8 heteroatoms. The minimum absolute atomic E-state index is 0.215. The molecule has 1 aliphatic rings. The zero-order chi connectivity index (χ0) is 19.5. The first kappa shape index (κ1) is 18.1. The summed E-state index contributed by atoms with van der Waals surface area (Å²) in [5, 5.41) is 13.1. The van der Waals surface area contributed by atoms with Crippen LogP contribution in [0.25, 0.3) is 11.0 Å². The molecular formula is C20H21N5O3. The second-order valence-corrected chi connectivity index (χ2v) is 6.74. The van der Waals surface area contributed by atoms with E-state index in [4.69, 9.17) is 4.42 Å². The average Bonchev–Trinajstić information content (AvgIpc) is 3.29. The van der Waals surface area contributed by atoms with Gasteiger partial charge in [-0.15, -0.1) is 0 Å². The maximum atomic E-state index is 12.6. The van der Waals surface area contributed by atoms with Crippen molar-refractivity contribution in [3.63, 3.8) is 0 Å². The van der Waals surface area contributed by atoms with Gasteiger partial charge in [0.15, 0.2) is 5.58 Å². The molecule has 1 unspecified atom stereocenters. The lowest BCUT2D eigenvalue weighted by Gasteiger charge is -2.10. The monoisotopic (exact) mass is 379 g/mol. The van der Waals surface area contributed by atoms with Crippen LogP contribution in [0.15, 0.2) is 46.3 Å². The van der Waals surface area contributed by atoms with Gasteiger partial charge in [-0.25, -0.2) is 0 Å². The number of amides is 1. The molecule has 0 saturated heterocycles. The van der Waals surface area contributed by atoms with Crippen molar-refractivity contribution in [3.8, 4) is 0 Å². The number of fused-ring (bicyclic) bond motifs is 2. The fourth-order valence-corrected chi connectivity index (χ4v) is 3.54. The zero-order valence-corrected chi connectivity index (χ0v) is 15.5. The van der Waals surface area contributed by atoms with Gasteiger partial charge in [-0.1, -0.05) is 11.2 Å². The Labute approximate surface area is 161 Å². The van der Waals surface area contributed by atoms with Crippen molar-refractivity contribution < 1.29 is 9.21 Å². The van der Waals surface area contributed by atoms with Crippen LogP contribution in [-0.2, 0) is 6.42 Å². The van der Waals surface area contributed by atoms with E-state index in [0.717, 1.165) is 35.0 Å². The molecule has 0 fully saturated rings. The molecule has 3 aromatic rings. The third-order valence-corrected chi connectivity index (χ3v) is 4.95. The Balaban J connectivity index is 1.67. The second kappa shape index (κ2) is 7.77. The standard InChI is InChI=1S/C20H21N5O3/c1-21-8-9-23-20(26)19-18(15-6-7-22-11-17(15)28-19)24-13-3-4-14-12(10-13)2-5-16(14)25-27/h3-4,6-7,10-11,16,21,24H,2,5,8-9H2,1H3,(H,23,26). The predicted molar refractivity (Wildman–Crippen MR) is 107 cm³/mol. The molecular weight excluding hydrogens is 358 g/mol. The molecule has 2 aromatic heterocycles. The number of hydrogen-bond donors (Lipinski definition) is 3. The molecule has 4 rings (SSSR count). The predicted octanol–water partition coefficient (Wildman–Crippen LogP) is 3.27. The number of benzene rings is 1. The first-order valence-corrected chi connectivity index (χ1v) is 9.23. The number of carbonyl (C=O) groups excluding carboxylic acids is 1. The van der Waals surface area contributed by atoms with E-state index >= 15 is 0 Å². The van der Waals surface area contributed by atoms with E-state index in [1.807, 2.05) is 31.3 Å². The average molecular weight is 379 g/mol. The van der Waals surface area contributed by atoms with Crippen LogP contribution < -0.4 is 16.0 Å². The van der Waals surface area contributed by atoms with Crippen LogP contribution in [0.3, 0.4) is 0 Å². The van der Waals surface area contributed by atoms with Gasteiger partial charge in [0.2, 0.25) is 5.76 Å². The molecule has 0 radical (unpaired) electrons. The van der Waals surface area contributed by atoms with Crippen molar-refractivity contribution >= 4 is 28.3 Å². The second-order valence-electron chi connectivity index (χ2n) is 6.74. The van der Waals surface area contributed by atoms with Gasteiger partial charge in [0.25, 0.3) is 5.91 Å². The van der Waals surface area contributed by atoms with Crippen molar-refractivity contribution in [3.05, 3.63) is 58.5 Å². The van der Waals surface area contributed by atoms with E-state index in [-0.39, 0.29) is 17.7 Å². The van der Waals surface area contributed by atoms with E-state index < -0.39 is 0 Å². The summed E-state index contributed by atoms with van der Waals surface area (Å²) in [7, 11) is 1.82. The third-order valence-electron chi connectivity index (χ3n) is 4.95. The number of likely N-dealkylation sites (N-methyl/N-ethyl adjacent to an activating group) is 1. The maximum absolute atomic E-state index is 12.6. The molecule has 144 valence electrons. The number of rotatable bonds is 7. The van der Waals surface area contributed by atoms with E-state index in [2.05, 4.69) is 26.1 Å². The van der Waals surface area contributed by atoms with E-state index in [1.54, 1.807) is 12.4 Å². The summed E-state index contributed by atoms with van der Waals surface area (Å²) in [6.07, 6.45) is 4.80. The largest absolute Gasteiger partial charge is 0.447 e. The van der Waals surface area contributed by atoms with Crippen molar-refractivity contribution in [2.24, 2.45) is 5.18 Å². The number of aromatic nitrogens is 1. The van der Waals surface area contributed by atoms with Crippen LogP contribution >= 0.6 is 0 Å². The number of nitroso groups, excluding NO2 is 1. The fraction of sp³-hybridized carbons (Fsp3) is 0.300. The highest BCUT2D eigenvalue weighted by Crippen LogP contribution is 2.37. The van der Waals surface area contributed by atoms with Crippen LogP contribution in [0.4, 0.5) is 11.4 Å². The summed E-state index contributed by atoms with van der Waals surface area (Å²) in [5.74, 6) is -0.0765. The van der Waals surface area contributed by atoms with Crippen LogP contribution in [0.2, 0.25) is 0 Å². The summed E-state index contributed by atoms with van der Waals surface area (Å²) in [6, 6.07) is 7.37. The SMILES string of the molecule is CNCCNC(=O)c1oc2cnccc2c1Nc1ccc2c(c1)CCC2N=O. The Hall–Kier alpha value is -3.26. The van der Waals surface area contributed by atoms with E-state index in [9.17, 15) is 9.70 Å². The summed E-state index contributed by atoms with van der Waals surface area (Å²) < 4.78 is 5.78. The normalized spacial score (nSPS) is 15.4. The third kappa shape index (κ3) is 3.34. The number of pyridine rings is 1. The lowest BCUT2D eigenvalue weighted by molar-refractivity contribution is 0.0930. The highest BCUT2D eigenvalue weighted by Gasteiger charge is 2.24. The van der Waals surface area contributed by atoms with Crippen LogP contribution in [0.1, 0.15) is 34.1 Å². The number of carbonyl (C=O) groups is 1. The Morgan fingerprint density at radius 2 is 2.21 bits per heavy atom. The quantitative estimate of drug-likeness (QED) is 0.429. The molecule has 8 nitrogen and oxygen atoms in total. The topological polar surface area (TPSA) is 109 Å². The fourth-order valence-electron chi connectivity index (χ4n) is 3.54. The molecule has 3 N–H and O–H groups in total. The minimum atomic E-state index is -0.291. The molecule has 1 aliphatic carbocycles. The first-order valence-electron chi connectivity index (χ1n) is 9.23. The van der Waals surface area contributed by atoms with Gasteiger partial charge >= 0.3 is 0 Å². The minimum Gasteiger partial charge on any atom is -0.447 e. The maximum Gasteiger partial charge on any atom is 0.289 e. The van der Waals surface area contributed by atoms with Crippen molar-refractivity contribution in [2.75, 3.05) is 25.5 Å². The summed E-state index contributed by atoms with van der Waals surface area (Å²) in [6.45, 7) is 1.15. The Morgan fingerprint density at radius 3 is 3.04 bits per heavy atom. The number of aryl methyl sites for hydroxylation is 1. The van der Waals surface area contributed by atoms with Crippen molar-refractivity contribution in [1.82, 2.24) is 15.6 Å². The van der Waals surface area contributed by atoms with Crippen LogP contribution in [0.5, 0.6) is 0 Å². The molecule has 0 saturated carbocycles.